The fourth-order valence-electron chi connectivity index (χ4n) is 2.92. The molecule has 0 fully saturated rings. The Labute approximate surface area is 202 Å². The smallest absolute Gasteiger partial charge is 0.328 e. The fraction of sp³-hybridized carbons (Fsp3) is 0.636. The molecule has 0 aliphatic carbocycles. The molecule has 0 heterocycles. The standard InChI is InChI=1S/C22H33I2NO4/c1-3-4-5-6-7-8-9-10-11-12-13-29-22(28)16(2)25-21(27)17-14-18(23)20(26)19(24)15-17/h14-16,26H,3-13H2,1-2H3,(H,25,27)/t16-/m1/s1. The number of halogens is 2. The van der Waals surface area contributed by atoms with E-state index in [1.807, 2.05) is 45.2 Å². The topological polar surface area (TPSA) is 75.6 Å². The van der Waals surface area contributed by atoms with E-state index in [2.05, 4.69) is 12.2 Å². The molecular formula is C22H33I2NO4. The van der Waals surface area contributed by atoms with Crippen LogP contribution in [0.2, 0.25) is 0 Å². The molecule has 7 heteroatoms. The van der Waals surface area contributed by atoms with Crippen LogP contribution >= 0.6 is 45.2 Å². The minimum Gasteiger partial charge on any atom is -0.506 e. The first-order chi connectivity index (χ1) is 13.9. The van der Waals surface area contributed by atoms with Crippen molar-refractivity contribution in [2.45, 2.75) is 84.1 Å². The highest BCUT2D eigenvalue weighted by Gasteiger charge is 2.19. The van der Waals surface area contributed by atoms with Crippen molar-refractivity contribution < 1.29 is 19.4 Å². The first kappa shape index (κ1) is 26.5. The van der Waals surface area contributed by atoms with Gasteiger partial charge in [-0.3, -0.25) is 4.79 Å². The Kier molecular flexibility index (Phi) is 13.9. The van der Waals surface area contributed by atoms with Gasteiger partial charge in [-0.05, 0) is 70.7 Å². The van der Waals surface area contributed by atoms with Gasteiger partial charge in [0.1, 0.15) is 11.8 Å². The molecule has 0 aliphatic heterocycles. The summed E-state index contributed by atoms with van der Waals surface area (Å²) in [5.41, 5.74) is 0.408. The number of ether oxygens (including phenoxy) is 1. The van der Waals surface area contributed by atoms with Crippen molar-refractivity contribution in [3.05, 3.63) is 24.8 Å². The highest BCUT2D eigenvalue weighted by atomic mass is 127. The van der Waals surface area contributed by atoms with E-state index >= 15 is 0 Å². The molecule has 0 radical (unpaired) electrons. The number of carbonyl (C=O) groups is 2. The predicted octanol–water partition coefficient (Wildman–Crippen LogP) is 6.18. The summed E-state index contributed by atoms with van der Waals surface area (Å²) in [5, 5.41) is 12.5. The van der Waals surface area contributed by atoms with Gasteiger partial charge in [0.15, 0.2) is 0 Å². The molecule has 1 atom stereocenters. The van der Waals surface area contributed by atoms with Crippen LogP contribution in [0.3, 0.4) is 0 Å². The zero-order chi connectivity index (χ0) is 21.6. The molecule has 0 unspecified atom stereocenters. The molecule has 0 saturated carbocycles. The summed E-state index contributed by atoms with van der Waals surface area (Å²) in [5.74, 6) is -0.617. The minimum atomic E-state index is -0.713. The first-order valence-electron chi connectivity index (χ1n) is 10.5. The third-order valence-electron chi connectivity index (χ3n) is 4.72. The van der Waals surface area contributed by atoms with Crippen LogP contribution in [0.25, 0.3) is 0 Å². The summed E-state index contributed by atoms with van der Waals surface area (Å²) < 4.78 is 6.47. The number of amides is 1. The Bertz CT molecular complexity index is 629. The summed E-state index contributed by atoms with van der Waals surface area (Å²) in [6.07, 6.45) is 12.3. The van der Waals surface area contributed by atoms with Crippen molar-refractivity contribution in [3.8, 4) is 5.75 Å². The Hall–Kier alpha value is -0.580. The van der Waals surface area contributed by atoms with E-state index in [9.17, 15) is 14.7 Å². The molecule has 0 aromatic heterocycles. The van der Waals surface area contributed by atoms with Gasteiger partial charge < -0.3 is 15.2 Å². The lowest BCUT2D eigenvalue weighted by atomic mass is 10.1. The molecule has 1 amide bonds. The second-order valence-corrected chi connectivity index (χ2v) is 9.66. The van der Waals surface area contributed by atoms with Crippen LogP contribution in [0.4, 0.5) is 0 Å². The molecule has 0 spiro atoms. The number of aromatic hydroxyl groups is 1. The van der Waals surface area contributed by atoms with Crippen LogP contribution in [-0.4, -0.2) is 29.6 Å². The SMILES string of the molecule is CCCCCCCCCCCCOC(=O)[C@@H](C)NC(=O)c1cc(I)c(O)c(I)c1. The molecule has 5 nitrogen and oxygen atoms in total. The van der Waals surface area contributed by atoms with Gasteiger partial charge in [-0.2, -0.15) is 0 Å². The van der Waals surface area contributed by atoms with E-state index in [0.717, 1.165) is 12.8 Å². The summed E-state index contributed by atoms with van der Waals surface area (Å²) >= 11 is 3.94. The molecule has 0 bridgehead atoms. The van der Waals surface area contributed by atoms with Gasteiger partial charge in [0.25, 0.3) is 5.91 Å². The summed E-state index contributed by atoms with van der Waals surface area (Å²) in [4.78, 5) is 24.4. The molecule has 1 aromatic rings. The number of phenols is 1. The second-order valence-electron chi connectivity index (χ2n) is 7.33. The number of nitrogens with one attached hydrogen (secondary N) is 1. The van der Waals surface area contributed by atoms with E-state index in [1.165, 1.54) is 51.4 Å². The number of rotatable bonds is 14. The lowest BCUT2D eigenvalue weighted by Crippen LogP contribution is -2.39. The van der Waals surface area contributed by atoms with Crippen LogP contribution in [0, 0.1) is 7.14 Å². The average Bonchev–Trinajstić information content (AvgIpc) is 2.69. The maximum Gasteiger partial charge on any atom is 0.328 e. The molecule has 0 aliphatic rings. The lowest BCUT2D eigenvalue weighted by Gasteiger charge is -2.14. The number of unbranched alkanes of at least 4 members (excludes halogenated alkanes) is 9. The summed E-state index contributed by atoms with van der Waals surface area (Å²) in [6, 6.07) is 2.47. The van der Waals surface area contributed by atoms with E-state index in [4.69, 9.17) is 4.74 Å². The molecule has 29 heavy (non-hydrogen) atoms. The average molecular weight is 629 g/mol. The van der Waals surface area contributed by atoms with Gasteiger partial charge >= 0.3 is 5.97 Å². The van der Waals surface area contributed by atoms with E-state index in [-0.39, 0.29) is 11.7 Å². The maximum atomic E-state index is 12.3. The zero-order valence-electron chi connectivity index (χ0n) is 17.4. The first-order valence-corrected chi connectivity index (χ1v) is 12.7. The third kappa shape index (κ3) is 10.8. The van der Waals surface area contributed by atoms with Crippen molar-refractivity contribution in [1.82, 2.24) is 5.32 Å². The molecular weight excluding hydrogens is 596 g/mol. The molecule has 0 saturated heterocycles. The molecule has 2 N–H and O–H groups in total. The van der Waals surface area contributed by atoms with Crippen molar-refractivity contribution in [1.29, 1.82) is 0 Å². The quantitative estimate of drug-likeness (QED) is 0.147. The van der Waals surface area contributed by atoms with Crippen LogP contribution in [0.15, 0.2) is 12.1 Å². The number of benzene rings is 1. The summed E-state index contributed by atoms with van der Waals surface area (Å²) in [6.45, 7) is 4.25. The molecule has 164 valence electrons. The lowest BCUT2D eigenvalue weighted by molar-refractivity contribution is -0.145. The van der Waals surface area contributed by atoms with E-state index in [1.54, 1.807) is 19.1 Å². The van der Waals surface area contributed by atoms with Crippen molar-refractivity contribution in [3.63, 3.8) is 0 Å². The number of hydrogen-bond donors (Lipinski definition) is 2. The normalized spacial score (nSPS) is 11.9. The van der Waals surface area contributed by atoms with Crippen molar-refractivity contribution in [2.75, 3.05) is 6.61 Å². The minimum absolute atomic E-state index is 0.159. The van der Waals surface area contributed by atoms with Gasteiger partial charge in [-0.25, -0.2) is 4.79 Å². The number of esters is 1. The van der Waals surface area contributed by atoms with Crippen LogP contribution in [-0.2, 0) is 9.53 Å². The van der Waals surface area contributed by atoms with Gasteiger partial charge in [-0.1, -0.05) is 64.7 Å². The Balaban J connectivity index is 2.18. The second kappa shape index (κ2) is 15.3. The van der Waals surface area contributed by atoms with Crippen LogP contribution in [0.5, 0.6) is 5.75 Å². The molecule has 1 aromatic carbocycles. The summed E-state index contributed by atoms with van der Waals surface area (Å²) in [7, 11) is 0. The Morgan fingerprint density at radius 2 is 1.45 bits per heavy atom. The number of phenolic OH excluding ortho intramolecular Hbond substituents is 1. The number of carbonyl (C=O) groups excluding carboxylic acids is 2. The highest BCUT2D eigenvalue weighted by Crippen LogP contribution is 2.27. The van der Waals surface area contributed by atoms with Gasteiger partial charge in [0.05, 0.1) is 13.7 Å². The largest absolute Gasteiger partial charge is 0.506 e. The van der Waals surface area contributed by atoms with Crippen LogP contribution in [0.1, 0.15) is 88.4 Å². The zero-order valence-corrected chi connectivity index (χ0v) is 21.8. The monoisotopic (exact) mass is 629 g/mol. The van der Waals surface area contributed by atoms with E-state index in [0.29, 0.717) is 19.3 Å². The maximum absolute atomic E-state index is 12.3. The van der Waals surface area contributed by atoms with E-state index < -0.39 is 12.0 Å². The number of hydrogen-bond acceptors (Lipinski definition) is 4. The highest BCUT2D eigenvalue weighted by molar-refractivity contribution is 14.1. The Morgan fingerprint density at radius 3 is 1.97 bits per heavy atom. The third-order valence-corrected chi connectivity index (χ3v) is 6.37. The predicted molar refractivity (Wildman–Crippen MR) is 133 cm³/mol. The van der Waals surface area contributed by atoms with Gasteiger partial charge in [0.2, 0.25) is 0 Å². The van der Waals surface area contributed by atoms with Gasteiger partial charge in [-0.15, -0.1) is 0 Å². The van der Waals surface area contributed by atoms with Crippen molar-refractivity contribution >= 4 is 57.1 Å². The Morgan fingerprint density at radius 1 is 0.966 bits per heavy atom. The van der Waals surface area contributed by atoms with Gasteiger partial charge in [0, 0.05) is 5.56 Å². The fourth-order valence-corrected chi connectivity index (χ4v) is 4.69. The van der Waals surface area contributed by atoms with Crippen LogP contribution < -0.4 is 5.32 Å². The molecule has 1 rings (SSSR count). The van der Waals surface area contributed by atoms with Crippen molar-refractivity contribution in [2.24, 2.45) is 0 Å².